The Balaban J connectivity index is 2.63. The molecule has 0 radical (unpaired) electrons. The van der Waals surface area contributed by atoms with E-state index in [-0.39, 0.29) is 0 Å². The fraction of sp³-hybridized carbons (Fsp3) is 0.462. The van der Waals surface area contributed by atoms with Gasteiger partial charge in [-0.25, -0.2) is 0 Å². The van der Waals surface area contributed by atoms with Gasteiger partial charge in [0.15, 0.2) is 0 Å². The maximum Gasteiger partial charge on any atom is 0.119 e. The molecule has 88 valence electrons. The molecule has 2 nitrogen and oxygen atoms in total. The van der Waals surface area contributed by atoms with Crippen LogP contribution >= 0.6 is 12.2 Å². The van der Waals surface area contributed by atoms with Gasteiger partial charge in [0.05, 0.1) is 6.61 Å². The van der Waals surface area contributed by atoms with Gasteiger partial charge in [-0.3, -0.25) is 0 Å². The zero-order valence-corrected chi connectivity index (χ0v) is 10.9. The summed E-state index contributed by atoms with van der Waals surface area (Å²) in [5.41, 5.74) is 7.58. The van der Waals surface area contributed by atoms with Crippen molar-refractivity contribution < 1.29 is 4.74 Å². The van der Waals surface area contributed by atoms with Crippen molar-refractivity contribution in [1.29, 1.82) is 0 Å². The third-order valence-corrected chi connectivity index (χ3v) is 2.65. The Kier molecular flexibility index (Phi) is 4.74. The lowest BCUT2D eigenvalue weighted by molar-refractivity contribution is 0.289. The number of nitrogens with two attached hydrogens (primary N) is 1. The molecule has 0 aliphatic rings. The Hall–Kier alpha value is -1.09. The number of rotatable bonds is 5. The molecule has 2 N–H and O–H groups in total. The van der Waals surface area contributed by atoms with Crippen molar-refractivity contribution in [2.45, 2.75) is 27.2 Å². The lowest BCUT2D eigenvalue weighted by atomic mass is 10.1. The zero-order valence-electron chi connectivity index (χ0n) is 10.1. The molecule has 1 rings (SSSR count). The van der Waals surface area contributed by atoms with Crippen molar-refractivity contribution in [3.63, 3.8) is 0 Å². The van der Waals surface area contributed by atoms with Crippen LogP contribution in [0.3, 0.4) is 0 Å². The van der Waals surface area contributed by atoms with Gasteiger partial charge < -0.3 is 10.5 Å². The summed E-state index contributed by atoms with van der Waals surface area (Å²) in [6.07, 6.45) is 1.07. The smallest absolute Gasteiger partial charge is 0.119 e. The van der Waals surface area contributed by atoms with Crippen LogP contribution in [0.2, 0.25) is 0 Å². The second-order valence-electron chi connectivity index (χ2n) is 4.37. The summed E-state index contributed by atoms with van der Waals surface area (Å²) >= 11 is 4.95. The largest absolute Gasteiger partial charge is 0.494 e. The first kappa shape index (κ1) is 13.0. The number of aryl methyl sites for hydroxylation is 1. The highest BCUT2D eigenvalue weighted by Gasteiger charge is 2.03. The van der Waals surface area contributed by atoms with E-state index >= 15 is 0 Å². The molecule has 0 spiro atoms. The Morgan fingerprint density at radius 2 is 2.12 bits per heavy atom. The molecule has 0 atom stereocenters. The molecule has 0 aromatic heterocycles. The molecular weight excluding hydrogens is 218 g/mol. The van der Waals surface area contributed by atoms with Gasteiger partial charge in [-0.15, -0.1) is 0 Å². The summed E-state index contributed by atoms with van der Waals surface area (Å²) in [6, 6.07) is 5.82. The molecule has 0 aliphatic heterocycles. The van der Waals surface area contributed by atoms with Crippen LogP contribution in [0.5, 0.6) is 5.75 Å². The van der Waals surface area contributed by atoms with E-state index < -0.39 is 0 Å². The summed E-state index contributed by atoms with van der Waals surface area (Å²) in [5, 5.41) is 0. The second kappa shape index (κ2) is 5.85. The van der Waals surface area contributed by atoms with Crippen LogP contribution in [0, 0.1) is 12.8 Å². The van der Waals surface area contributed by atoms with Crippen LogP contribution in [0.25, 0.3) is 0 Å². The van der Waals surface area contributed by atoms with Gasteiger partial charge in [-0.05, 0) is 43.0 Å². The maximum absolute atomic E-state index is 5.65. The molecule has 1 aromatic carbocycles. The van der Waals surface area contributed by atoms with E-state index in [4.69, 9.17) is 22.7 Å². The molecule has 0 unspecified atom stereocenters. The zero-order chi connectivity index (χ0) is 12.1. The lowest BCUT2D eigenvalue weighted by Crippen LogP contribution is -2.11. The van der Waals surface area contributed by atoms with Crippen molar-refractivity contribution in [2.75, 3.05) is 6.61 Å². The lowest BCUT2D eigenvalue weighted by Gasteiger charge is -2.10. The minimum absolute atomic E-state index is 0.436. The Bertz CT molecular complexity index is 374. The highest BCUT2D eigenvalue weighted by atomic mass is 32.1. The average molecular weight is 237 g/mol. The first-order valence-corrected chi connectivity index (χ1v) is 5.94. The highest BCUT2D eigenvalue weighted by molar-refractivity contribution is 7.80. The molecule has 0 aliphatic carbocycles. The van der Waals surface area contributed by atoms with Crippen LogP contribution in [-0.2, 0) is 0 Å². The highest BCUT2D eigenvalue weighted by Crippen LogP contribution is 2.17. The number of hydrogen-bond donors (Lipinski definition) is 1. The second-order valence-corrected chi connectivity index (χ2v) is 4.81. The molecule has 0 saturated carbocycles. The monoisotopic (exact) mass is 237 g/mol. The van der Waals surface area contributed by atoms with E-state index in [2.05, 4.69) is 13.8 Å². The molecule has 1 aromatic rings. The van der Waals surface area contributed by atoms with Gasteiger partial charge >= 0.3 is 0 Å². The molecule has 16 heavy (non-hydrogen) atoms. The van der Waals surface area contributed by atoms with E-state index in [1.165, 1.54) is 0 Å². The average Bonchev–Trinajstić information content (AvgIpc) is 2.16. The van der Waals surface area contributed by atoms with Gasteiger partial charge in [0.25, 0.3) is 0 Å². The van der Waals surface area contributed by atoms with Crippen LogP contribution in [0.1, 0.15) is 31.4 Å². The number of thiocarbonyl (C=S) groups is 1. The third-order valence-electron chi connectivity index (χ3n) is 2.43. The number of ether oxygens (including phenoxy) is 1. The Labute approximate surface area is 103 Å². The summed E-state index contributed by atoms with van der Waals surface area (Å²) < 4.78 is 5.65. The van der Waals surface area contributed by atoms with E-state index in [0.717, 1.165) is 29.9 Å². The van der Waals surface area contributed by atoms with E-state index in [1.54, 1.807) is 0 Å². The van der Waals surface area contributed by atoms with Crippen LogP contribution in [0.4, 0.5) is 0 Å². The quantitative estimate of drug-likeness (QED) is 0.799. The van der Waals surface area contributed by atoms with Gasteiger partial charge in [0, 0.05) is 5.56 Å². The molecule has 0 bridgehead atoms. The minimum atomic E-state index is 0.436. The molecule has 3 heteroatoms. The molecular formula is C13H19NOS. The summed E-state index contributed by atoms with van der Waals surface area (Å²) in [6.45, 7) is 7.11. The van der Waals surface area contributed by atoms with Gasteiger partial charge in [-0.2, -0.15) is 0 Å². The van der Waals surface area contributed by atoms with E-state index in [9.17, 15) is 0 Å². The first-order valence-electron chi connectivity index (χ1n) is 5.54. The van der Waals surface area contributed by atoms with Gasteiger partial charge in [0.2, 0.25) is 0 Å². The van der Waals surface area contributed by atoms with E-state index in [1.807, 2.05) is 25.1 Å². The third kappa shape index (κ3) is 3.81. The van der Waals surface area contributed by atoms with Crippen molar-refractivity contribution in [3.05, 3.63) is 29.3 Å². The van der Waals surface area contributed by atoms with Crippen LogP contribution in [-0.4, -0.2) is 11.6 Å². The summed E-state index contributed by atoms with van der Waals surface area (Å²) in [5.74, 6) is 1.55. The van der Waals surface area contributed by atoms with Crippen molar-refractivity contribution >= 4 is 17.2 Å². The minimum Gasteiger partial charge on any atom is -0.494 e. The normalized spacial score (nSPS) is 10.5. The van der Waals surface area contributed by atoms with Crippen molar-refractivity contribution in [2.24, 2.45) is 11.7 Å². The van der Waals surface area contributed by atoms with Gasteiger partial charge in [0.1, 0.15) is 10.7 Å². The maximum atomic E-state index is 5.65. The molecule has 0 fully saturated rings. The predicted octanol–water partition coefficient (Wildman–Crippen LogP) is 3.05. The van der Waals surface area contributed by atoms with Crippen molar-refractivity contribution in [1.82, 2.24) is 0 Å². The number of hydrogen-bond acceptors (Lipinski definition) is 2. The standard InChI is InChI=1S/C13H19NOS/c1-9(2)6-7-15-11-4-5-12(13(14)16)10(3)8-11/h4-5,8-9H,6-7H2,1-3H3,(H2,14,16). The van der Waals surface area contributed by atoms with Crippen molar-refractivity contribution in [3.8, 4) is 5.75 Å². The topological polar surface area (TPSA) is 35.2 Å². The van der Waals surface area contributed by atoms with Crippen LogP contribution in [0.15, 0.2) is 18.2 Å². The Morgan fingerprint density at radius 1 is 1.44 bits per heavy atom. The number of benzene rings is 1. The predicted molar refractivity (Wildman–Crippen MR) is 72.0 cm³/mol. The Morgan fingerprint density at radius 3 is 2.62 bits per heavy atom. The summed E-state index contributed by atoms with van der Waals surface area (Å²) in [4.78, 5) is 0.436. The first-order chi connectivity index (χ1) is 7.50. The molecule has 0 amide bonds. The van der Waals surface area contributed by atoms with Gasteiger partial charge in [-0.1, -0.05) is 26.1 Å². The SMILES string of the molecule is Cc1cc(OCCC(C)C)ccc1C(N)=S. The fourth-order valence-electron chi connectivity index (χ4n) is 1.41. The summed E-state index contributed by atoms with van der Waals surface area (Å²) in [7, 11) is 0. The fourth-order valence-corrected chi connectivity index (χ4v) is 1.64. The molecule has 0 heterocycles. The van der Waals surface area contributed by atoms with E-state index in [0.29, 0.717) is 10.9 Å². The molecule has 0 saturated heterocycles. The van der Waals surface area contributed by atoms with Crippen LogP contribution < -0.4 is 10.5 Å².